The summed E-state index contributed by atoms with van der Waals surface area (Å²) in [5.74, 6) is 5.30. The molecule has 0 aliphatic carbocycles. The van der Waals surface area contributed by atoms with Crippen LogP contribution in [0.1, 0.15) is 30.7 Å². The fourth-order valence-corrected chi connectivity index (χ4v) is 4.19. The monoisotopic (exact) mass is 413 g/mol. The van der Waals surface area contributed by atoms with E-state index in [-0.39, 0.29) is 32.2 Å². The minimum absolute atomic E-state index is 0.0594. The number of rotatable bonds is 2. The highest BCUT2D eigenvalue weighted by Gasteiger charge is 2.25. The minimum atomic E-state index is -4.05. The Bertz CT molecular complexity index is 1280. The van der Waals surface area contributed by atoms with Crippen LogP contribution in [0.15, 0.2) is 41.4 Å². The summed E-state index contributed by atoms with van der Waals surface area (Å²) in [6, 6.07) is 9.74. The third-order valence-electron chi connectivity index (χ3n) is 3.90. The van der Waals surface area contributed by atoms with Gasteiger partial charge in [0.2, 0.25) is 0 Å². The zero-order valence-corrected chi connectivity index (χ0v) is 16.9. The van der Waals surface area contributed by atoms with Crippen molar-refractivity contribution in [1.82, 2.24) is 8.96 Å². The second-order valence-corrected chi connectivity index (χ2v) is 8.92. The molecule has 1 N–H and O–H groups in total. The maximum Gasteiger partial charge on any atom is 0.270 e. The van der Waals surface area contributed by atoms with Gasteiger partial charge in [-0.1, -0.05) is 35.2 Å². The molecule has 0 atom stereocenters. The van der Waals surface area contributed by atoms with Crippen LogP contribution in [0.2, 0.25) is 5.02 Å². The summed E-state index contributed by atoms with van der Waals surface area (Å²) >= 11 is 6.27. The van der Waals surface area contributed by atoms with Crippen LogP contribution in [0.3, 0.4) is 0 Å². The fraction of sp³-hybridized carbons (Fsp3) is 0.200. The van der Waals surface area contributed by atoms with Gasteiger partial charge in [-0.3, -0.25) is 0 Å². The molecule has 0 unspecified atom stereocenters. The topological polar surface area (TPSA) is 96.0 Å². The second-order valence-electron chi connectivity index (χ2n) is 6.76. The van der Waals surface area contributed by atoms with Gasteiger partial charge in [0.1, 0.15) is 17.4 Å². The van der Waals surface area contributed by atoms with E-state index in [1.165, 1.54) is 38.2 Å². The second kappa shape index (κ2) is 6.96. The maximum atomic E-state index is 13.3. The molecular formula is C20H16ClN3O3S. The van der Waals surface area contributed by atoms with Crippen molar-refractivity contribution in [3.63, 3.8) is 0 Å². The maximum absolute atomic E-state index is 13.3. The molecule has 0 aliphatic rings. The van der Waals surface area contributed by atoms with Gasteiger partial charge in [0, 0.05) is 11.6 Å². The first kappa shape index (κ1) is 19.9. The predicted molar refractivity (Wildman–Crippen MR) is 106 cm³/mol. The molecule has 0 saturated heterocycles. The lowest BCUT2D eigenvalue weighted by atomic mass is 10.1. The van der Waals surface area contributed by atoms with Gasteiger partial charge in [-0.25, -0.2) is 17.4 Å². The Morgan fingerprint density at radius 2 is 1.89 bits per heavy atom. The van der Waals surface area contributed by atoms with Crippen LogP contribution in [0.25, 0.3) is 11.0 Å². The number of nitriles is 1. The molecule has 8 heteroatoms. The zero-order valence-electron chi connectivity index (χ0n) is 15.4. The van der Waals surface area contributed by atoms with Gasteiger partial charge in [-0.05, 0) is 44.9 Å². The van der Waals surface area contributed by atoms with Crippen molar-refractivity contribution in [2.45, 2.75) is 31.3 Å². The van der Waals surface area contributed by atoms with E-state index in [0.717, 1.165) is 9.54 Å². The highest BCUT2D eigenvalue weighted by atomic mass is 35.5. The van der Waals surface area contributed by atoms with Crippen molar-refractivity contribution in [3.05, 3.63) is 58.4 Å². The van der Waals surface area contributed by atoms with Crippen molar-refractivity contribution in [1.29, 1.82) is 5.26 Å². The molecule has 0 saturated carbocycles. The summed E-state index contributed by atoms with van der Waals surface area (Å²) in [4.78, 5) is 4.19. The van der Waals surface area contributed by atoms with Crippen molar-refractivity contribution >= 4 is 32.7 Å². The molecule has 1 aromatic carbocycles. The number of aromatic nitrogens is 2. The van der Waals surface area contributed by atoms with Crippen LogP contribution in [-0.2, 0) is 10.0 Å². The molecule has 28 heavy (non-hydrogen) atoms. The average molecular weight is 414 g/mol. The van der Waals surface area contributed by atoms with Gasteiger partial charge >= 0.3 is 0 Å². The van der Waals surface area contributed by atoms with Gasteiger partial charge in [0.15, 0.2) is 5.65 Å². The lowest BCUT2D eigenvalue weighted by molar-refractivity contribution is 0.143. The van der Waals surface area contributed by atoms with Crippen molar-refractivity contribution in [3.8, 4) is 17.9 Å². The molecule has 3 rings (SSSR count). The first-order valence-corrected chi connectivity index (χ1v) is 10.0. The van der Waals surface area contributed by atoms with Gasteiger partial charge in [0.25, 0.3) is 10.0 Å². The smallest absolute Gasteiger partial charge is 0.270 e. The summed E-state index contributed by atoms with van der Waals surface area (Å²) < 4.78 is 27.6. The highest BCUT2D eigenvalue weighted by Crippen LogP contribution is 2.31. The van der Waals surface area contributed by atoms with E-state index in [2.05, 4.69) is 16.8 Å². The van der Waals surface area contributed by atoms with Crippen molar-refractivity contribution in [2.24, 2.45) is 0 Å². The van der Waals surface area contributed by atoms with E-state index in [4.69, 9.17) is 16.9 Å². The molecule has 0 fully saturated rings. The van der Waals surface area contributed by atoms with Gasteiger partial charge in [-0.15, -0.1) is 0 Å². The first-order chi connectivity index (χ1) is 13.0. The van der Waals surface area contributed by atoms with Gasteiger partial charge in [0.05, 0.1) is 15.5 Å². The summed E-state index contributed by atoms with van der Waals surface area (Å²) in [6.07, 6.45) is 1.22. The number of benzene rings is 1. The lowest BCUT2D eigenvalue weighted by Crippen LogP contribution is -2.17. The van der Waals surface area contributed by atoms with Crippen LogP contribution in [-0.4, -0.2) is 28.1 Å². The van der Waals surface area contributed by atoms with Crippen LogP contribution in [0, 0.1) is 30.1 Å². The first-order valence-electron chi connectivity index (χ1n) is 8.22. The van der Waals surface area contributed by atoms with Crippen LogP contribution >= 0.6 is 11.6 Å². The predicted octanol–water partition coefficient (Wildman–Crippen LogP) is 3.23. The van der Waals surface area contributed by atoms with E-state index < -0.39 is 15.6 Å². The number of aliphatic hydroxyl groups is 1. The summed E-state index contributed by atoms with van der Waals surface area (Å²) in [5, 5.41) is 19.5. The van der Waals surface area contributed by atoms with E-state index >= 15 is 0 Å². The summed E-state index contributed by atoms with van der Waals surface area (Å²) in [7, 11) is -4.05. The van der Waals surface area contributed by atoms with Crippen LogP contribution < -0.4 is 0 Å². The number of fused-ring (bicyclic) bond motifs is 1. The molecule has 2 heterocycles. The van der Waals surface area contributed by atoms with Crippen molar-refractivity contribution < 1.29 is 13.5 Å². The SMILES string of the molecule is Cc1ccc(S(=O)(=O)n2c(C#CC(C)(C)O)cc3c(Cl)c(C#N)cnc32)cc1. The standard InChI is InChI=1S/C20H16ClN3O3S/c1-13-4-6-16(7-5-13)28(26,27)24-15(8-9-20(2,3)25)10-17-18(21)14(11-22)12-23-19(17)24/h4-7,10,12,25H,1-3H3. The largest absolute Gasteiger partial charge is 0.378 e. The molecule has 2 aromatic heterocycles. The van der Waals surface area contributed by atoms with E-state index in [0.29, 0.717) is 0 Å². The van der Waals surface area contributed by atoms with E-state index in [9.17, 15) is 13.5 Å². The minimum Gasteiger partial charge on any atom is -0.378 e. The Morgan fingerprint density at radius 3 is 2.46 bits per heavy atom. The summed E-state index contributed by atoms with van der Waals surface area (Å²) in [5.41, 5.74) is -0.143. The van der Waals surface area contributed by atoms with Crippen LogP contribution in [0.5, 0.6) is 0 Å². The molecule has 142 valence electrons. The number of aryl methyl sites for hydroxylation is 1. The number of hydrogen-bond donors (Lipinski definition) is 1. The molecule has 0 spiro atoms. The summed E-state index contributed by atoms with van der Waals surface area (Å²) in [6.45, 7) is 4.83. The number of pyridine rings is 1. The average Bonchev–Trinajstić information content (AvgIpc) is 3.00. The third-order valence-corrected chi connectivity index (χ3v) is 6.02. The molecule has 6 nitrogen and oxygen atoms in total. The van der Waals surface area contributed by atoms with E-state index in [1.54, 1.807) is 12.1 Å². The van der Waals surface area contributed by atoms with Crippen molar-refractivity contribution in [2.75, 3.05) is 0 Å². The Labute approximate surface area is 168 Å². The van der Waals surface area contributed by atoms with Crippen LogP contribution in [0.4, 0.5) is 0 Å². The highest BCUT2D eigenvalue weighted by molar-refractivity contribution is 7.90. The Kier molecular flexibility index (Phi) is 4.95. The molecule has 0 bridgehead atoms. The third kappa shape index (κ3) is 3.61. The molecule has 0 amide bonds. The van der Waals surface area contributed by atoms with Gasteiger partial charge < -0.3 is 5.11 Å². The van der Waals surface area contributed by atoms with Gasteiger partial charge in [-0.2, -0.15) is 5.26 Å². The molecular weight excluding hydrogens is 398 g/mol. The zero-order chi connectivity index (χ0) is 20.7. The Hall–Kier alpha value is -2.84. The number of hydrogen-bond acceptors (Lipinski definition) is 5. The van der Waals surface area contributed by atoms with E-state index in [1.807, 2.05) is 13.0 Å². The lowest BCUT2D eigenvalue weighted by Gasteiger charge is -2.10. The Balaban J connectivity index is 2.39. The molecule has 3 aromatic rings. The fourth-order valence-electron chi connectivity index (χ4n) is 2.54. The number of nitrogens with zero attached hydrogens (tertiary/aromatic N) is 3. The quantitative estimate of drug-likeness (QED) is 0.650. The normalized spacial score (nSPS) is 11.7. The molecule has 0 radical (unpaired) electrons. The number of halogens is 1. The molecule has 0 aliphatic heterocycles. The Morgan fingerprint density at radius 1 is 1.25 bits per heavy atom.